The van der Waals surface area contributed by atoms with Gasteiger partial charge >= 0.3 is 0 Å². The molecule has 1 saturated heterocycles. The summed E-state index contributed by atoms with van der Waals surface area (Å²) in [6.45, 7) is 6.88. The predicted molar refractivity (Wildman–Crippen MR) is 127 cm³/mol. The number of carbonyl (C=O) groups excluding carboxylic acids is 1. The first-order valence-corrected chi connectivity index (χ1v) is 9.92. The van der Waals surface area contributed by atoms with Crippen LogP contribution in [0.4, 0.5) is 5.82 Å². The molecule has 1 fully saturated rings. The number of amides is 1. The Morgan fingerprint density at radius 3 is 2.43 bits per heavy atom. The van der Waals surface area contributed by atoms with Crippen molar-refractivity contribution in [2.24, 2.45) is 0 Å². The lowest BCUT2D eigenvalue weighted by atomic mass is 9.95. The highest BCUT2D eigenvalue weighted by molar-refractivity contribution is 6.30. The van der Waals surface area contributed by atoms with Crippen LogP contribution in [-0.4, -0.2) is 47.0 Å². The minimum Gasteiger partial charge on any atom is -0.352 e. The van der Waals surface area contributed by atoms with Crippen molar-refractivity contribution < 1.29 is 4.79 Å². The van der Waals surface area contributed by atoms with Crippen LogP contribution in [0.1, 0.15) is 24.0 Å². The quantitative estimate of drug-likeness (QED) is 0.550. The van der Waals surface area contributed by atoms with Crippen molar-refractivity contribution in [3.8, 4) is 0 Å². The van der Waals surface area contributed by atoms with E-state index in [4.69, 9.17) is 11.6 Å². The van der Waals surface area contributed by atoms with Crippen molar-refractivity contribution >= 4 is 59.0 Å². The summed E-state index contributed by atoms with van der Waals surface area (Å²) in [7, 11) is 0. The van der Waals surface area contributed by atoms with Gasteiger partial charge in [-0.25, -0.2) is 9.97 Å². The largest absolute Gasteiger partial charge is 0.352 e. The Balaban J connectivity index is 0.00000160. The number of carbonyl (C=O) groups is 1. The second-order valence-electron chi connectivity index (χ2n) is 7.25. The van der Waals surface area contributed by atoms with Crippen LogP contribution in [-0.2, 0) is 4.79 Å². The van der Waals surface area contributed by atoms with Gasteiger partial charge in [0.1, 0.15) is 12.1 Å². The van der Waals surface area contributed by atoms with Crippen LogP contribution in [0.3, 0.4) is 0 Å². The lowest BCUT2D eigenvalue weighted by molar-refractivity contribution is -0.132. The fourth-order valence-electron chi connectivity index (χ4n) is 3.91. The SMILES string of the molecule is Cc1cc(Cl)ccc1C(C)C(=O)N1CCN(c2ncnc3ccccc23)CC1.Cl.Cl. The molecule has 1 unspecified atom stereocenters. The van der Waals surface area contributed by atoms with Crippen molar-refractivity contribution in [3.05, 3.63) is 64.9 Å². The number of nitrogens with zero attached hydrogens (tertiary/aromatic N) is 4. The zero-order valence-corrected chi connectivity index (χ0v) is 19.3. The van der Waals surface area contributed by atoms with Crippen LogP contribution < -0.4 is 4.90 Å². The molecule has 2 aromatic carbocycles. The van der Waals surface area contributed by atoms with Gasteiger partial charge in [-0.15, -0.1) is 24.8 Å². The van der Waals surface area contributed by atoms with Crippen molar-refractivity contribution in [2.45, 2.75) is 19.8 Å². The molecule has 0 N–H and O–H groups in total. The summed E-state index contributed by atoms with van der Waals surface area (Å²) in [5.41, 5.74) is 3.04. The Labute approximate surface area is 194 Å². The van der Waals surface area contributed by atoms with E-state index in [9.17, 15) is 4.79 Å². The highest BCUT2D eigenvalue weighted by Gasteiger charge is 2.27. The van der Waals surface area contributed by atoms with Gasteiger partial charge in [0.05, 0.1) is 11.4 Å². The number of hydrogen-bond acceptors (Lipinski definition) is 4. The Hall–Kier alpha value is -2.08. The molecule has 2 heterocycles. The summed E-state index contributed by atoms with van der Waals surface area (Å²) in [6.07, 6.45) is 1.61. The van der Waals surface area contributed by atoms with Crippen molar-refractivity contribution in [1.82, 2.24) is 14.9 Å². The summed E-state index contributed by atoms with van der Waals surface area (Å²) in [4.78, 5) is 26.1. The van der Waals surface area contributed by atoms with Gasteiger partial charge in [0.2, 0.25) is 5.91 Å². The van der Waals surface area contributed by atoms with E-state index < -0.39 is 0 Å². The molecule has 8 heteroatoms. The number of halogens is 3. The van der Waals surface area contributed by atoms with Gasteiger partial charge in [0, 0.05) is 36.6 Å². The van der Waals surface area contributed by atoms with E-state index in [0.717, 1.165) is 40.9 Å². The van der Waals surface area contributed by atoms with Crippen molar-refractivity contribution in [2.75, 3.05) is 31.1 Å². The molecule has 4 rings (SSSR count). The van der Waals surface area contributed by atoms with Crippen LogP contribution in [0, 0.1) is 6.92 Å². The van der Waals surface area contributed by atoms with Gasteiger partial charge in [-0.3, -0.25) is 4.79 Å². The zero-order valence-electron chi connectivity index (χ0n) is 16.9. The number of rotatable bonds is 3. The summed E-state index contributed by atoms with van der Waals surface area (Å²) in [6, 6.07) is 13.8. The average molecular weight is 468 g/mol. The highest BCUT2D eigenvalue weighted by Crippen LogP contribution is 2.27. The smallest absolute Gasteiger partial charge is 0.229 e. The molecule has 0 radical (unpaired) electrons. The monoisotopic (exact) mass is 466 g/mol. The summed E-state index contributed by atoms with van der Waals surface area (Å²) >= 11 is 6.05. The Morgan fingerprint density at radius 2 is 1.73 bits per heavy atom. The number of benzene rings is 2. The molecule has 1 aromatic heterocycles. The molecule has 0 spiro atoms. The molecule has 0 aliphatic carbocycles. The second kappa shape index (κ2) is 10.3. The maximum atomic E-state index is 13.0. The van der Waals surface area contributed by atoms with Gasteiger partial charge in [-0.1, -0.05) is 29.8 Å². The third-order valence-electron chi connectivity index (χ3n) is 5.48. The number of aromatic nitrogens is 2. The Kier molecular flexibility index (Phi) is 8.30. The molecular formula is C22H25Cl3N4O. The first-order valence-electron chi connectivity index (χ1n) is 9.54. The summed E-state index contributed by atoms with van der Waals surface area (Å²) in [5.74, 6) is 0.931. The van der Waals surface area contributed by atoms with E-state index in [2.05, 4.69) is 14.9 Å². The predicted octanol–water partition coefficient (Wildman–Crippen LogP) is 4.89. The van der Waals surface area contributed by atoms with Gasteiger partial charge in [0.15, 0.2) is 0 Å². The molecule has 160 valence electrons. The van der Waals surface area contributed by atoms with E-state index in [-0.39, 0.29) is 36.6 Å². The molecule has 1 aliphatic heterocycles. The minimum atomic E-state index is -0.177. The molecule has 1 aliphatic rings. The molecule has 5 nitrogen and oxygen atoms in total. The number of piperazine rings is 1. The third kappa shape index (κ3) is 4.80. The molecule has 0 bridgehead atoms. The van der Waals surface area contributed by atoms with Gasteiger partial charge < -0.3 is 9.80 Å². The highest BCUT2D eigenvalue weighted by atomic mass is 35.5. The van der Waals surface area contributed by atoms with Gasteiger partial charge in [0.25, 0.3) is 0 Å². The molecular weight excluding hydrogens is 443 g/mol. The topological polar surface area (TPSA) is 49.3 Å². The maximum Gasteiger partial charge on any atom is 0.229 e. The zero-order chi connectivity index (χ0) is 19.7. The fourth-order valence-corrected chi connectivity index (χ4v) is 4.14. The first kappa shape index (κ1) is 24.2. The van der Waals surface area contributed by atoms with E-state index in [1.54, 1.807) is 6.33 Å². The van der Waals surface area contributed by atoms with Crippen LogP contribution in [0.15, 0.2) is 48.8 Å². The van der Waals surface area contributed by atoms with Gasteiger partial charge in [-0.2, -0.15) is 0 Å². The normalized spacial score (nSPS) is 14.6. The Morgan fingerprint density at radius 1 is 1.03 bits per heavy atom. The number of fused-ring (bicyclic) bond motifs is 1. The van der Waals surface area contributed by atoms with Crippen molar-refractivity contribution in [1.29, 1.82) is 0 Å². The van der Waals surface area contributed by atoms with Crippen LogP contribution in [0.2, 0.25) is 5.02 Å². The molecule has 3 aromatic rings. The number of anilines is 1. The first-order chi connectivity index (χ1) is 13.5. The number of hydrogen-bond donors (Lipinski definition) is 0. The number of para-hydroxylation sites is 1. The van der Waals surface area contributed by atoms with Crippen molar-refractivity contribution in [3.63, 3.8) is 0 Å². The summed E-state index contributed by atoms with van der Waals surface area (Å²) in [5, 5.41) is 1.75. The second-order valence-corrected chi connectivity index (χ2v) is 7.69. The molecule has 30 heavy (non-hydrogen) atoms. The molecule has 0 saturated carbocycles. The van der Waals surface area contributed by atoms with E-state index in [1.165, 1.54) is 0 Å². The van der Waals surface area contributed by atoms with E-state index in [0.29, 0.717) is 18.1 Å². The maximum absolute atomic E-state index is 13.0. The Bertz CT molecular complexity index is 1020. The fraction of sp³-hybridized carbons (Fsp3) is 0.318. The number of aryl methyl sites for hydroxylation is 1. The lowest BCUT2D eigenvalue weighted by Gasteiger charge is -2.37. The standard InChI is InChI=1S/C22H23ClN4O.2ClH/c1-15-13-17(23)7-8-18(15)16(2)22(28)27-11-9-26(10-12-27)21-19-5-3-4-6-20(19)24-14-25-21;;/h3-8,13-14,16H,9-12H2,1-2H3;2*1H. The molecule has 1 amide bonds. The van der Waals surface area contributed by atoms with Crippen LogP contribution in [0.25, 0.3) is 10.9 Å². The van der Waals surface area contributed by atoms with E-state index >= 15 is 0 Å². The van der Waals surface area contributed by atoms with Gasteiger partial charge in [-0.05, 0) is 49.2 Å². The van der Waals surface area contributed by atoms with E-state index in [1.807, 2.05) is 61.2 Å². The van der Waals surface area contributed by atoms with Crippen LogP contribution in [0.5, 0.6) is 0 Å². The molecule has 1 atom stereocenters. The average Bonchev–Trinajstić information content (AvgIpc) is 2.72. The summed E-state index contributed by atoms with van der Waals surface area (Å²) < 4.78 is 0. The van der Waals surface area contributed by atoms with Crippen LogP contribution >= 0.6 is 36.4 Å². The lowest BCUT2D eigenvalue weighted by Crippen LogP contribution is -2.50. The third-order valence-corrected chi connectivity index (χ3v) is 5.72. The minimum absolute atomic E-state index is 0.